The first-order valence-electron chi connectivity index (χ1n) is 6.19. The van der Waals surface area contributed by atoms with Gasteiger partial charge in [-0.1, -0.05) is 12.1 Å². The Labute approximate surface area is 101 Å². The molecule has 17 heavy (non-hydrogen) atoms. The van der Waals surface area contributed by atoms with Crippen LogP contribution in [-0.2, 0) is 13.0 Å². The minimum absolute atomic E-state index is 0.227. The molecule has 0 aliphatic heterocycles. The quantitative estimate of drug-likeness (QED) is 0.856. The van der Waals surface area contributed by atoms with Gasteiger partial charge in [-0.15, -0.1) is 0 Å². The van der Waals surface area contributed by atoms with Gasteiger partial charge >= 0.3 is 0 Å². The van der Waals surface area contributed by atoms with Crippen LogP contribution in [-0.4, -0.2) is 9.55 Å². The molecule has 0 amide bonds. The Morgan fingerprint density at radius 2 is 2.35 bits per heavy atom. The van der Waals surface area contributed by atoms with Crippen molar-refractivity contribution in [1.29, 1.82) is 0 Å². The van der Waals surface area contributed by atoms with Crippen molar-refractivity contribution in [3.8, 4) is 11.4 Å². The fourth-order valence-electron chi connectivity index (χ4n) is 2.61. The van der Waals surface area contributed by atoms with E-state index in [2.05, 4.69) is 34.7 Å². The Morgan fingerprint density at radius 1 is 1.47 bits per heavy atom. The maximum absolute atomic E-state index is 6.05. The highest BCUT2D eigenvalue weighted by molar-refractivity contribution is 5.59. The lowest BCUT2D eigenvalue weighted by molar-refractivity contribution is 0.713. The first-order chi connectivity index (χ1) is 8.29. The highest BCUT2D eigenvalue weighted by Crippen LogP contribution is 2.32. The molecule has 1 aliphatic rings. The van der Waals surface area contributed by atoms with Crippen LogP contribution in [0.3, 0.4) is 0 Å². The molecule has 2 aromatic rings. The van der Waals surface area contributed by atoms with Gasteiger partial charge in [0.25, 0.3) is 0 Å². The average molecular weight is 227 g/mol. The molecule has 3 nitrogen and oxygen atoms in total. The van der Waals surface area contributed by atoms with E-state index in [0.29, 0.717) is 0 Å². The van der Waals surface area contributed by atoms with Crippen LogP contribution in [0.5, 0.6) is 0 Å². The van der Waals surface area contributed by atoms with Crippen molar-refractivity contribution in [3.05, 3.63) is 41.7 Å². The molecule has 1 aromatic carbocycles. The Hall–Kier alpha value is -1.61. The average Bonchev–Trinajstić information content (AvgIpc) is 2.96. The third-order valence-corrected chi connectivity index (χ3v) is 3.58. The first kappa shape index (κ1) is 10.5. The molecule has 3 heteroatoms. The number of benzene rings is 1. The van der Waals surface area contributed by atoms with E-state index in [0.717, 1.165) is 25.2 Å². The predicted octanol–water partition coefficient (Wildman–Crippen LogP) is 2.52. The predicted molar refractivity (Wildman–Crippen MR) is 68.6 cm³/mol. The zero-order chi connectivity index (χ0) is 11.8. The molecule has 0 saturated carbocycles. The number of hydrogen-bond acceptors (Lipinski definition) is 2. The molecule has 2 N–H and O–H groups in total. The van der Waals surface area contributed by atoms with Gasteiger partial charge in [0.05, 0.1) is 0 Å². The molecular weight excluding hydrogens is 210 g/mol. The van der Waals surface area contributed by atoms with Crippen molar-refractivity contribution < 1.29 is 0 Å². The lowest BCUT2D eigenvalue weighted by Crippen LogP contribution is -2.05. The van der Waals surface area contributed by atoms with Gasteiger partial charge in [-0.2, -0.15) is 0 Å². The largest absolute Gasteiger partial charge is 0.331 e. The van der Waals surface area contributed by atoms with Crippen molar-refractivity contribution in [3.63, 3.8) is 0 Å². The topological polar surface area (TPSA) is 43.8 Å². The van der Waals surface area contributed by atoms with E-state index in [-0.39, 0.29) is 6.04 Å². The molecule has 0 fully saturated rings. The fourth-order valence-corrected chi connectivity index (χ4v) is 2.61. The monoisotopic (exact) mass is 227 g/mol. The van der Waals surface area contributed by atoms with Gasteiger partial charge in [-0.05, 0) is 37.0 Å². The van der Waals surface area contributed by atoms with E-state index in [1.807, 2.05) is 12.4 Å². The van der Waals surface area contributed by atoms with Crippen molar-refractivity contribution >= 4 is 0 Å². The number of nitrogens with zero attached hydrogens (tertiary/aromatic N) is 2. The molecule has 1 atom stereocenters. The van der Waals surface area contributed by atoms with Gasteiger partial charge in [0.1, 0.15) is 5.82 Å². The zero-order valence-electron chi connectivity index (χ0n) is 10.1. The Kier molecular flexibility index (Phi) is 2.48. The third kappa shape index (κ3) is 1.67. The Bertz CT molecular complexity index is 542. The summed E-state index contributed by atoms with van der Waals surface area (Å²) in [6.45, 7) is 3.08. The van der Waals surface area contributed by atoms with E-state index in [4.69, 9.17) is 5.73 Å². The summed E-state index contributed by atoms with van der Waals surface area (Å²) in [5.41, 5.74) is 9.95. The number of nitrogens with two attached hydrogens (primary N) is 1. The summed E-state index contributed by atoms with van der Waals surface area (Å²) < 4.78 is 2.16. The number of rotatable bonds is 2. The van der Waals surface area contributed by atoms with Crippen LogP contribution >= 0.6 is 0 Å². The highest BCUT2D eigenvalue weighted by Gasteiger charge is 2.19. The molecule has 0 bridgehead atoms. The van der Waals surface area contributed by atoms with Crippen LogP contribution in [0, 0.1) is 0 Å². The van der Waals surface area contributed by atoms with E-state index in [1.165, 1.54) is 16.7 Å². The fraction of sp³-hybridized carbons (Fsp3) is 0.357. The maximum atomic E-state index is 6.05. The second-order valence-corrected chi connectivity index (χ2v) is 4.60. The number of imidazole rings is 1. The zero-order valence-corrected chi connectivity index (χ0v) is 10.1. The SMILES string of the molecule is CCn1ccnc1-c1ccc2c(c1)CCC2N. The summed E-state index contributed by atoms with van der Waals surface area (Å²) in [6, 6.07) is 6.77. The number of aromatic nitrogens is 2. The summed E-state index contributed by atoms with van der Waals surface area (Å²) in [5, 5.41) is 0. The van der Waals surface area contributed by atoms with Crippen molar-refractivity contribution in [2.45, 2.75) is 32.4 Å². The van der Waals surface area contributed by atoms with Gasteiger partial charge in [-0.3, -0.25) is 0 Å². The second-order valence-electron chi connectivity index (χ2n) is 4.60. The van der Waals surface area contributed by atoms with E-state index in [1.54, 1.807) is 0 Å². The normalized spacial score (nSPS) is 18.4. The summed E-state index contributed by atoms with van der Waals surface area (Å²) in [4.78, 5) is 4.43. The van der Waals surface area contributed by atoms with Crippen LogP contribution in [0.1, 0.15) is 30.5 Å². The first-order valence-corrected chi connectivity index (χ1v) is 6.19. The third-order valence-electron chi connectivity index (χ3n) is 3.58. The number of aryl methyl sites for hydroxylation is 2. The van der Waals surface area contributed by atoms with Crippen molar-refractivity contribution in [2.75, 3.05) is 0 Å². The Balaban J connectivity index is 2.06. The second kappa shape index (κ2) is 4.00. The smallest absolute Gasteiger partial charge is 0.139 e. The van der Waals surface area contributed by atoms with Crippen molar-refractivity contribution in [2.24, 2.45) is 5.73 Å². The van der Waals surface area contributed by atoms with Crippen LogP contribution < -0.4 is 5.73 Å². The lowest BCUT2D eigenvalue weighted by atomic mass is 10.0. The molecule has 1 aromatic heterocycles. The van der Waals surface area contributed by atoms with Crippen molar-refractivity contribution in [1.82, 2.24) is 9.55 Å². The van der Waals surface area contributed by atoms with E-state index < -0.39 is 0 Å². The van der Waals surface area contributed by atoms with Crippen LogP contribution in [0.15, 0.2) is 30.6 Å². The molecule has 0 spiro atoms. The molecular formula is C14H17N3. The maximum Gasteiger partial charge on any atom is 0.139 e. The van der Waals surface area contributed by atoms with Crippen LogP contribution in [0.2, 0.25) is 0 Å². The van der Waals surface area contributed by atoms with Gasteiger partial charge in [0.15, 0.2) is 0 Å². The van der Waals surface area contributed by atoms with E-state index in [9.17, 15) is 0 Å². The molecule has 1 heterocycles. The molecule has 1 unspecified atom stereocenters. The standard InChI is InChI=1S/C14H17N3/c1-2-17-8-7-16-14(17)11-3-5-12-10(9-11)4-6-13(12)15/h3,5,7-9,13H,2,4,6,15H2,1H3. The Morgan fingerprint density at radius 3 is 3.18 bits per heavy atom. The molecule has 3 rings (SSSR count). The minimum Gasteiger partial charge on any atom is -0.331 e. The number of hydrogen-bond donors (Lipinski definition) is 1. The van der Waals surface area contributed by atoms with Gasteiger partial charge in [0, 0.05) is 30.5 Å². The lowest BCUT2D eigenvalue weighted by Gasteiger charge is -2.08. The molecule has 1 aliphatic carbocycles. The van der Waals surface area contributed by atoms with Crippen LogP contribution in [0.4, 0.5) is 0 Å². The summed E-state index contributed by atoms with van der Waals surface area (Å²) in [5.74, 6) is 1.05. The van der Waals surface area contributed by atoms with Gasteiger partial charge < -0.3 is 10.3 Å². The minimum atomic E-state index is 0.227. The number of fused-ring (bicyclic) bond motifs is 1. The van der Waals surface area contributed by atoms with Gasteiger partial charge in [-0.25, -0.2) is 4.98 Å². The van der Waals surface area contributed by atoms with Crippen LogP contribution in [0.25, 0.3) is 11.4 Å². The highest BCUT2D eigenvalue weighted by atomic mass is 15.1. The summed E-state index contributed by atoms with van der Waals surface area (Å²) >= 11 is 0. The molecule has 0 saturated heterocycles. The van der Waals surface area contributed by atoms with Gasteiger partial charge in [0.2, 0.25) is 0 Å². The molecule has 88 valence electrons. The molecule has 0 radical (unpaired) electrons. The summed E-state index contributed by atoms with van der Waals surface area (Å²) in [6.07, 6.45) is 6.05. The van der Waals surface area contributed by atoms with E-state index >= 15 is 0 Å². The summed E-state index contributed by atoms with van der Waals surface area (Å²) in [7, 11) is 0.